The Hall–Kier alpha value is 2.80. The zero-order valence-corrected chi connectivity index (χ0v) is 8.59. The van der Waals surface area contributed by atoms with Crippen LogP contribution < -0.4 is 46.6 Å². The third-order valence-corrected chi connectivity index (χ3v) is 0. The van der Waals surface area contributed by atoms with Gasteiger partial charge in [0.25, 0.3) is 0 Å². The van der Waals surface area contributed by atoms with E-state index in [1.54, 1.807) is 0 Å². The fourth-order valence-corrected chi connectivity index (χ4v) is 0. The van der Waals surface area contributed by atoms with E-state index in [4.69, 9.17) is 4.66 Å². The summed E-state index contributed by atoms with van der Waals surface area (Å²) in [6.07, 6.45) is 0. The topological polar surface area (TPSA) is 23.1 Å². The monoisotopic (exact) mass is 149 g/mol. The predicted molar refractivity (Wildman–Crippen MR) is 11.6 cm³/mol. The van der Waals surface area contributed by atoms with Gasteiger partial charge in [-0.05, 0) is 0 Å². The molecule has 0 aromatic heterocycles. The van der Waals surface area contributed by atoms with Crippen molar-refractivity contribution < 1.29 is 46.6 Å². The standard InChI is InChI=1S/Ca.ClO.ClH.Na/c;1-2;;/h;;1H;/q+2;-1;;+1/p-1. The third-order valence-electron chi connectivity index (χ3n) is 0. The van der Waals surface area contributed by atoms with Gasteiger partial charge in [0.2, 0.25) is 0 Å². The van der Waals surface area contributed by atoms with Gasteiger partial charge < -0.3 is 17.1 Å². The number of halogens is 2. The maximum absolute atomic E-state index is 7.72. The van der Waals surface area contributed by atoms with Crippen LogP contribution in [0.1, 0.15) is 0 Å². The van der Waals surface area contributed by atoms with Crippen LogP contribution in [-0.4, -0.2) is 37.7 Å². The fourth-order valence-electron chi connectivity index (χ4n) is 0. The van der Waals surface area contributed by atoms with Crippen molar-refractivity contribution in [2.75, 3.05) is 0 Å². The Bertz CT molecular complexity index is 9.61. The molecule has 0 spiro atoms. The van der Waals surface area contributed by atoms with Gasteiger partial charge in [-0.2, -0.15) is 0 Å². The molecule has 0 aliphatic rings. The SMILES string of the molecule is [Ca+2].[Cl-].[Na+].[O-]Cl. The summed E-state index contributed by atoms with van der Waals surface area (Å²) < 4.78 is 7.72. The average molecular weight is 150 g/mol. The van der Waals surface area contributed by atoms with Crippen LogP contribution in [0.2, 0.25) is 0 Å². The normalized spacial score (nSPS) is 1.20. The minimum atomic E-state index is 0. The van der Waals surface area contributed by atoms with Crippen LogP contribution in [0.3, 0.4) is 0 Å². The molecule has 0 aliphatic heterocycles. The summed E-state index contributed by atoms with van der Waals surface area (Å²) in [7, 11) is 0. The van der Waals surface area contributed by atoms with E-state index in [9.17, 15) is 0 Å². The summed E-state index contributed by atoms with van der Waals surface area (Å²) in [6, 6.07) is 0. The zero-order valence-electron chi connectivity index (χ0n) is 2.87. The Labute approximate surface area is 94.3 Å². The number of rotatable bonds is 0. The molecule has 22 valence electrons. The van der Waals surface area contributed by atoms with Gasteiger partial charge in [-0.3, -0.25) is 0 Å². The largest absolute Gasteiger partial charge is 2.00 e. The van der Waals surface area contributed by atoms with Crippen LogP contribution in [0.5, 0.6) is 0 Å². The molecule has 0 bridgehead atoms. The van der Waals surface area contributed by atoms with Crippen LogP contribution in [0.4, 0.5) is 0 Å². The number of hydrogen-bond donors (Lipinski definition) is 0. The molecule has 1 nitrogen and oxygen atoms in total. The number of hydrogen-bond acceptors (Lipinski definition) is 1. The zero-order chi connectivity index (χ0) is 2.00. The minimum Gasteiger partial charge on any atom is -1.00 e. The smallest absolute Gasteiger partial charge is 1.00 e. The Morgan fingerprint density at radius 1 is 1.20 bits per heavy atom. The summed E-state index contributed by atoms with van der Waals surface area (Å²) in [5.74, 6) is 0. The van der Waals surface area contributed by atoms with Gasteiger partial charge in [0.05, 0.1) is 0 Å². The molecule has 0 aliphatic carbocycles. The first-order chi connectivity index (χ1) is 1.00. The van der Waals surface area contributed by atoms with Crippen LogP contribution in [0.25, 0.3) is 0 Å². The van der Waals surface area contributed by atoms with Crippen LogP contribution in [0.15, 0.2) is 0 Å². The molecule has 5 heavy (non-hydrogen) atoms. The van der Waals surface area contributed by atoms with Crippen molar-refractivity contribution in [2.24, 2.45) is 0 Å². The Morgan fingerprint density at radius 3 is 1.20 bits per heavy atom. The Morgan fingerprint density at radius 2 is 1.20 bits per heavy atom. The second-order valence-corrected chi connectivity index (χ2v) is 0. The minimum absolute atomic E-state index is 0. The molecule has 0 rings (SSSR count). The third kappa shape index (κ3) is 20.0. The van der Waals surface area contributed by atoms with Crippen LogP contribution in [-0.2, 0) is 0 Å². The summed E-state index contributed by atoms with van der Waals surface area (Å²) in [5, 5.41) is 0. The van der Waals surface area contributed by atoms with Gasteiger partial charge in [0.15, 0.2) is 0 Å². The maximum atomic E-state index is 7.72. The first kappa shape index (κ1) is 25.0. The van der Waals surface area contributed by atoms with Gasteiger partial charge in [0, 0.05) is 0 Å². The van der Waals surface area contributed by atoms with E-state index < -0.39 is 0 Å². The summed E-state index contributed by atoms with van der Waals surface area (Å²) >= 11 is 3.39. The van der Waals surface area contributed by atoms with Crippen LogP contribution >= 0.6 is 11.9 Å². The molecule has 0 fully saturated rings. The van der Waals surface area contributed by atoms with E-state index in [-0.39, 0.29) is 79.7 Å². The molecular weight excluding hydrogens is 150 g/mol. The van der Waals surface area contributed by atoms with Gasteiger partial charge in [0.1, 0.15) is 0 Å². The molecule has 0 unspecified atom stereocenters. The quantitative estimate of drug-likeness (QED) is 0.315. The van der Waals surface area contributed by atoms with E-state index in [1.165, 1.54) is 0 Å². The second-order valence-electron chi connectivity index (χ2n) is 0. The molecule has 0 atom stereocenters. The van der Waals surface area contributed by atoms with Gasteiger partial charge in [-0.25, -0.2) is 11.9 Å². The maximum Gasteiger partial charge on any atom is 2.00 e. The molecule has 0 heterocycles. The molecule has 0 saturated carbocycles. The van der Waals surface area contributed by atoms with Crippen molar-refractivity contribution in [3.05, 3.63) is 0 Å². The van der Waals surface area contributed by atoms with Crippen molar-refractivity contribution in [2.45, 2.75) is 0 Å². The van der Waals surface area contributed by atoms with E-state index in [2.05, 4.69) is 11.9 Å². The van der Waals surface area contributed by atoms with Crippen molar-refractivity contribution in [1.82, 2.24) is 0 Å². The summed E-state index contributed by atoms with van der Waals surface area (Å²) in [4.78, 5) is 0. The van der Waals surface area contributed by atoms with Crippen LogP contribution in [0, 0.1) is 0 Å². The van der Waals surface area contributed by atoms with Crippen molar-refractivity contribution in [3.63, 3.8) is 0 Å². The summed E-state index contributed by atoms with van der Waals surface area (Å²) in [5.41, 5.74) is 0. The van der Waals surface area contributed by atoms with E-state index >= 15 is 0 Å². The molecule has 0 N–H and O–H groups in total. The first-order valence-corrected chi connectivity index (χ1v) is 0.463. The Kier molecular flexibility index (Phi) is 146. The predicted octanol–water partition coefficient (Wildman–Crippen LogP) is -6.87. The van der Waals surface area contributed by atoms with E-state index in [0.717, 1.165) is 0 Å². The molecule has 0 aromatic rings. The van der Waals surface area contributed by atoms with E-state index in [1.807, 2.05) is 0 Å². The van der Waals surface area contributed by atoms with E-state index in [0.29, 0.717) is 0 Å². The van der Waals surface area contributed by atoms with Gasteiger partial charge >= 0.3 is 67.3 Å². The molecule has 0 radical (unpaired) electrons. The molecule has 0 aromatic carbocycles. The summed E-state index contributed by atoms with van der Waals surface area (Å²) in [6.45, 7) is 0. The van der Waals surface area contributed by atoms with Gasteiger partial charge in [-0.1, -0.05) is 0 Å². The van der Waals surface area contributed by atoms with Crippen molar-refractivity contribution in [3.8, 4) is 0 Å². The van der Waals surface area contributed by atoms with Crippen molar-refractivity contribution in [1.29, 1.82) is 0 Å². The molecule has 0 amide bonds. The fraction of sp³-hybridized carbons (Fsp3) is 0. The second kappa shape index (κ2) is 29.2. The molecule has 5 heteroatoms. The average Bonchev–Trinajstić information content (AvgIpc) is 1.00. The molecule has 0 saturated heterocycles. The van der Waals surface area contributed by atoms with Gasteiger partial charge in [-0.15, -0.1) is 0 Å². The Balaban J connectivity index is -0.00000000167. The first-order valence-electron chi connectivity index (χ1n) is 0.154. The molecular formula is CaCl2NaO+. The van der Waals surface area contributed by atoms with Crippen molar-refractivity contribution >= 4 is 49.6 Å².